The smallest absolute Gasteiger partial charge is 0.337 e. The van der Waals surface area contributed by atoms with E-state index in [9.17, 15) is 9.59 Å². The van der Waals surface area contributed by atoms with Crippen LogP contribution in [0, 0.1) is 5.92 Å². The molecule has 1 amide bonds. The first-order chi connectivity index (χ1) is 8.81. The average molecular weight is 285 g/mol. The van der Waals surface area contributed by atoms with Gasteiger partial charge in [0.25, 0.3) is 0 Å². The van der Waals surface area contributed by atoms with Crippen molar-refractivity contribution in [1.82, 2.24) is 0 Å². The van der Waals surface area contributed by atoms with Crippen molar-refractivity contribution in [3.05, 3.63) is 28.8 Å². The maximum absolute atomic E-state index is 11.8. The average Bonchev–Trinajstić information content (AvgIpc) is 2.27. The number of rotatable bonds is 5. The molecule has 0 aliphatic rings. The predicted molar refractivity (Wildman–Crippen MR) is 74.5 cm³/mol. The number of hydrogen-bond acceptors (Lipinski definition) is 3. The number of hydrogen-bond donors (Lipinski definition) is 3. The molecule has 5 nitrogen and oxygen atoms in total. The van der Waals surface area contributed by atoms with Gasteiger partial charge in [-0.2, -0.15) is 0 Å². The lowest BCUT2D eigenvalue weighted by Gasteiger charge is -2.15. The highest BCUT2D eigenvalue weighted by atomic mass is 35.5. The number of anilines is 1. The lowest BCUT2D eigenvalue weighted by molar-refractivity contribution is -0.116. The highest BCUT2D eigenvalue weighted by Crippen LogP contribution is 2.21. The Hall–Kier alpha value is -1.59. The fraction of sp³-hybridized carbons (Fsp3) is 0.385. The largest absolute Gasteiger partial charge is 0.478 e. The van der Waals surface area contributed by atoms with Gasteiger partial charge in [0.1, 0.15) is 0 Å². The number of carbonyl (C=O) groups is 2. The Kier molecular flexibility index (Phi) is 5.32. The van der Waals surface area contributed by atoms with Crippen LogP contribution in [0.5, 0.6) is 0 Å². The van der Waals surface area contributed by atoms with Crippen LogP contribution in [0.15, 0.2) is 18.2 Å². The summed E-state index contributed by atoms with van der Waals surface area (Å²) in [6.07, 6.45) is 0.128. The number of benzene rings is 1. The second kappa shape index (κ2) is 6.54. The molecular formula is C13H17ClN2O3. The van der Waals surface area contributed by atoms with Crippen LogP contribution in [-0.4, -0.2) is 23.0 Å². The first kappa shape index (κ1) is 15.5. The Morgan fingerprint density at radius 3 is 2.58 bits per heavy atom. The predicted octanol–water partition coefficient (Wildman–Crippen LogP) is 2.35. The summed E-state index contributed by atoms with van der Waals surface area (Å²) < 4.78 is 0. The van der Waals surface area contributed by atoms with Crippen molar-refractivity contribution in [1.29, 1.82) is 0 Å². The molecule has 1 aromatic carbocycles. The molecule has 0 aliphatic carbocycles. The molecule has 1 rings (SSSR count). The molecule has 0 aromatic heterocycles. The van der Waals surface area contributed by atoms with Crippen molar-refractivity contribution < 1.29 is 14.7 Å². The molecule has 1 unspecified atom stereocenters. The number of nitrogens with one attached hydrogen (secondary N) is 1. The van der Waals surface area contributed by atoms with E-state index in [-0.39, 0.29) is 35.5 Å². The second-order valence-electron chi connectivity index (χ2n) is 4.66. The fourth-order valence-electron chi connectivity index (χ4n) is 1.46. The third-order valence-electron chi connectivity index (χ3n) is 2.76. The number of nitrogens with two attached hydrogens (primary N) is 1. The second-order valence-corrected chi connectivity index (χ2v) is 5.09. The molecule has 0 radical (unpaired) electrons. The van der Waals surface area contributed by atoms with Crippen LogP contribution in [-0.2, 0) is 4.79 Å². The Balaban J connectivity index is 2.84. The zero-order valence-electron chi connectivity index (χ0n) is 10.8. The van der Waals surface area contributed by atoms with Crippen molar-refractivity contribution >= 4 is 29.2 Å². The number of halogens is 1. The number of aromatic carboxylic acids is 1. The van der Waals surface area contributed by atoms with E-state index < -0.39 is 5.97 Å². The van der Waals surface area contributed by atoms with Crippen molar-refractivity contribution in [2.24, 2.45) is 11.7 Å². The van der Waals surface area contributed by atoms with Gasteiger partial charge in [0, 0.05) is 17.5 Å². The number of carboxylic acids is 1. The van der Waals surface area contributed by atoms with Crippen LogP contribution in [0.25, 0.3) is 0 Å². The molecule has 19 heavy (non-hydrogen) atoms. The van der Waals surface area contributed by atoms with Gasteiger partial charge in [-0.05, 0) is 24.1 Å². The zero-order chi connectivity index (χ0) is 14.6. The highest BCUT2D eigenvalue weighted by molar-refractivity contribution is 6.31. The minimum Gasteiger partial charge on any atom is -0.478 e. The summed E-state index contributed by atoms with van der Waals surface area (Å²) in [5, 5.41) is 11.9. The summed E-state index contributed by atoms with van der Waals surface area (Å²) in [4.78, 5) is 22.8. The van der Waals surface area contributed by atoms with E-state index in [1.54, 1.807) is 0 Å². The summed E-state index contributed by atoms with van der Waals surface area (Å²) in [5.41, 5.74) is 5.97. The Labute approximate surface area is 116 Å². The monoisotopic (exact) mass is 284 g/mol. The van der Waals surface area contributed by atoms with Crippen LogP contribution >= 0.6 is 11.6 Å². The summed E-state index contributed by atoms with van der Waals surface area (Å²) in [5.74, 6) is -1.28. The number of amides is 1. The molecule has 0 spiro atoms. The van der Waals surface area contributed by atoms with E-state index >= 15 is 0 Å². The van der Waals surface area contributed by atoms with E-state index in [2.05, 4.69) is 5.32 Å². The summed E-state index contributed by atoms with van der Waals surface area (Å²) in [6.45, 7) is 3.83. The fourth-order valence-corrected chi connectivity index (χ4v) is 1.63. The van der Waals surface area contributed by atoms with Gasteiger partial charge in [-0.25, -0.2) is 4.79 Å². The molecule has 4 N–H and O–H groups in total. The van der Waals surface area contributed by atoms with Gasteiger partial charge in [0.2, 0.25) is 5.91 Å². The van der Waals surface area contributed by atoms with Gasteiger partial charge in [0.05, 0.1) is 11.3 Å². The maximum Gasteiger partial charge on any atom is 0.337 e. The van der Waals surface area contributed by atoms with Gasteiger partial charge in [0.15, 0.2) is 0 Å². The van der Waals surface area contributed by atoms with E-state index in [0.29, 0.717) is 5.02 Å². The zero-order valence-corrected chi connectivity index (χ0v) is 11.6. The molecular weight excluding hydrogens is 268 g/mol. The molecule has 0 saturated carbocycles. The van der Waals surface area contributed by atoms with Gasteiger partial charge in [-0.1, -0.05) is 25.4 Å². The van der Waals surface area contributed by atoms with E-state index in [1.807, 2.05) is 13.8 Å². The summed E-state index contributed by atoms with van der Waals surface area (Å²) in [7, 11) is 0. The van der Waals surface area contributed by atoms with Crippen LogP contribution in [0.2, 0.25) is 5.02 Å². The minimum atomic E-state index is -1.12. The number of carbonyl (C=O) groups excluding carboxylic acids is 1. The van der Waals surface area contributed by atoms with Crippen molar-refractivity contribution in [2.45, 2.75) is 26.3 Å². The Bertz CT molecular complexity index is 489. The molecule has 1 aromatic rings. The van der Waals surface area contributed by atoms with Crippen molar-refractivity contribution in [3.63, 3.8) is 0 Å². The van der Waals surface area contributed by atoms with Gasteiger partial charge in [-0.15, -0.1) is 0 Å². The third kappa shape index (κ3) is 4.54. The Morgan fingerprint density at radius 1 is 1.42 bits per heavy atom. The molecule has 0 bridgehead atoms. The van der Waals surface area contributed by atoms with Gasteiger partial charge in [-0.3, -0.25) is 4.79 Å². The lowest BCUT2D eigenvalue weighted by atomic mass is 10.0. The van der Waals surface area contributed by atoms with Crippen LogP contribution in [0.3, 0.4) is 0 Å². The Morgan fingerprint density at radius 2 is 2.05 bits per heavy atom. The first-order valence-electron chi connectivity index (χ1n) is 5.89. The molecule has 0 saturated heterocycles. The van der Waals surface area contributed by atoms with E-state index in [1.165, 1.54) is 18.2 Å². The van der Waals surface area contributed by atoms with Crippen molar-refractivity contribution in [3.8, 4) is 0 Å². The molecule has 1 atom stereocenters. The molecule has 0 fully saturated rings. The molecule has 0 heterocycles. The topological polar surface area (TPSA) is 92.4 Å². The normalized spacial score (nSPS) is 12.3. The lowest BCUT2D eigenvalue weighted by Crippen LogP contribution is -2.31. The van der Waals surface area contributed by atoms with Crippen LogP contribution in [0.4, 0.5) is 5.69 Å². The molecule has 104 valence electrons. The first-order valence-corrected chi connectivity index (χ1v) is 6.27. The SMILES string of the molecule is CC(C)C(N)CC(=O)Nc1cc(Cl)ccc1C(=O)O. The maximum atomic E-state index is 11.8. The molecule has 0 aliphatic heterocycles. The standard InChI is InChI=1S/C13H17ClN2O3/c1-7(2)10(15)6-12(17)16-11-5-8(14)3-4-9(11)13(18)19/h3-5,7,10H,6,15H2,1-2H3,(H,16,17)(H,18,19). The van der Waals surface area contributed by atoms with E-state index in [4.69, 9.17) is 22.4 Å². The minimum absolute atomic E-state index is 0.00383. The highest BCUT2D eigenvalue weighted by Gasteiger charge is 2.16. The van der Waals surface area contributed by atoms with Gasteiger partial charge < -0.3 is 16.2 Å². The van der Waals surface area contributed by atoms with Crippen molar-refractivity contribution in [2.75, 3.05) is 5.32 Å². The van der Waals surface area contributed by atoms with Crippen LogP contribution < -0.4 is 11.1 Å². The summed E-state index contributed by atoms with van der Waals surface area (Å²) >= 11 is 5.79. The number of carboxylic acid groups (broad SMARTS) is 1. The quantitative estimate of drug-likeness (QED) is 0.774. The molecule has 6 heteroatoms. The third-order valence-corrected chi connectivity index (χ3v) is 3.00. The van der Waals surface area contributed by atoms with Crippen LogP contribution in [0.1, 0.15) is 30.6 Å². The van der Waals surface area contributed by atoms with Gasteiger partial charge >= 0.3 is 5.97 Å². The van der Waals surface area contributed by atoms with E-state index in [0.717, 1.165) is 0 Å². The summed E-state index contributed by atoms with van der Waals surface area (Å²) in [6, 6.07) is 3.94.